The molecule has 1 aromatic rings. The monoisotopic (exact) mass is 332 g/mol. The molecule has 4 rings (SSSR count). The molecular formula is C19H16N4O2. The molecule has 0 radical (unpaired) electrons. The summed E-state index contributed by atoms with van der Waals surface area (Å²) in [4.78, 5) is 0. The summed E-state index contributed by atoms with van der Waals surface area (Å²) in [6, 6.07) is 15.3. The van der Waals surface area contributed by atoms with E-state index < -0.39 is 28.6 Å². The van der Waals surface area contributed by atoms with Crippen LogP contribution in [-0.4, -0.2) is 11.7 Å². The fraction of sp³-hybridized carbons (Fsp3) is 0.474. The first-order valence-corrected chi connectivity index (χ1v) is 8.35. The lowest BCUT2D eigenvalue weighted by atomic mass is 9.51. The van der Waals surface area contributed by atoms with E-state index in [0.717, 1.165) is 12.8 Å². The Hall–Kier alpha value is -2.88. The van der Waals surface area contributed by atoms with Crippen molar-refractivity contribution in [1.29, 1.82) is 21.2 Å². The highest BCUT2D eigenvalue weighted by Crippen LogP contribution is 2.69. The molecule has 1 aliphatic carbocycles. The van der Waals surface area contributed by atoms with Gasteiger partial charge in [-0.3, -0.25) is 5.41 Å². The Balaban J connectivity index is 2.01. The van der Waals surface area contributed by atoms with Crippen molar-refractivity contribution in [3.8, 4) is 18.2 Å². The van der Waals surface area contributed by atoms with Crippen LogP contribution in [0.5, 0.6) is 0 Å². The molecule has 0 amide bonds. The summed E-state index contributed by atoms with van der Waals surface area (Å²) in [5.74, 6) is -1.88. The van der Waals surface area contributed by atoms with Crippen LogP contribution < -0.4 is 0 Å². The zero-order valence-electron chi connectivity index (χ0n) is 13.5. The first kappa shape index (κ1) is 15.6. The molecule has 1 saturated carbocycles. The predicted molar refractivity (Wildman–Crippen MR) is 85.5 cm³/mol. The van der Waals surface area contributed by atoms with Gasteiger partial charge in [-0.2, -0.15) is 15.8 Å². The topological polar surface area (TPSA) is 114 Å². The van der Waals surface area contributed by atoms with Gasteiger partial charge in [0.1, 0.15) is 6.10 Å². The quantitative estimate of drug-likeness (QED) is 0.848. The van der Waals surface area contributed by atoms with Gasteiger partial charge in [0.05, 0.1) is 24.1 Å². The Morgan fingerprint density at radius 3 is 2.40 bits per heavy atom. The van der Waals surface area contributed by atoms with Crippen LogP contribution in [0.4, 0.5) is 0 Å². The summed E-state index contributed by atoms with van der Waals surface area (Å²) in [6.45, 7) is 0. The number of ether oxygens (including phenoxy) is 2. The molecule has 1 N–H and O–H groups in total. The highest BCUT2D eigenvalue weighted by atomic mass is 16.7. The summed E-state index contributed by atoms with van der Waals surface area (Å²) in [6.07, 6.45) is 1.93. The molecule has 6 heteroatoms. The molecule has 124 valence electrons. The number of benzene rings is 1. The molecule has 2 saturated heterocycles. The third-order valence-corrected chi connectivity index (χ3v) is 5.92. The fourth-order valence-electron chi connectivity index (χ4n) is 4.79. The van der Waals surface area contributed by atoms with Gasteiger partial charge in [0, 0.05) is 6.42 Å². The predicted octanol–water partition coefficient (Wildman–Crippen LogP) is 3.20. The Bertz CT molecular complexity index is 848. The van der Waals surface area contributed by atoms with Crippen LogP contribution in [0.2, 0.25) is 0 Å². The van der Waals surface area contributed by atoms with Gasteiger partial charge in [-0.05, 0) is 18.4 Å². The maximum absolute atomic E-state index is 10.1. The van der Waals surface area contributed by atoms with E-state index in [1.54, 1.807) is 24.3 Å². The zero-order valence-corrected chi connectivity index (χ0v) is 13.5. The number of rotatable bonds is 1. The first-order valence-electron chi connectivity index (χ1n) is 8.35. The maximum Gasteiger partial charge on any atom is 0.217 e. The minimum atomic E-state index is -1.83. The highest BCUT2D eigenvalue weighted by molar-refractivity contribution is 5.89. The van der Waals surface area contributed by atoms with Gasteiger partial charge in [0.15, 0.2) is 5.41 Å². The van der Waals surface area contributed by atoms with Crippen molar-refractivity contribution in [2.24, 2.45) is 16.7 Å². The number of nitriles is 3. The van der Waals surface area contributed by atoms with Crippen LogP contribution in [0.1, 0.15) is 37.4 Å². The van der Waals surface area contributed by atoms with E-state index in [4.69, 9.17) is 14.9 Å². The largest absolute Gasteiger partial charge is 0.447 e. The van der Waals surface area contributed by atoms with Crippen molar-refractivity contribution < 1.29 is 9.47 Å². The molecule has 3 fully saturated rings. The molecular weight excluding hydrogens is 316 g/mol. The first-order chi connectivity index (χ1) is 12.1. The number of nitrogens with one attached hydrogen (secondary N) is 1. The number of nitrogens with zero attached hydrogens (tertiary/aromatic N) is 3. The van der Waals surface area contributed by atoms with Gasteiger partial charge in [-0.25, -0.2) is 0 Å². The summed E-state index contributed by atoms with van der Waals surface area (Å²) >= 11 is 0. The van der Waals surface area contributed by atoms with E-state index in [1.165, 1.54) is 0 Å². The molecule has 0 aromatic heterocycles. The van der Waals surface area contributed by atoms with Crippen LogP contribution in [-0.2, 0) is 9.47 Å². The van der Waals surface area contributed by atoms with Crippen LogP contribution >= 0.6 is 0 Å². The van der Waals surface area contributed by atoms with Crippen LogP contribution in [0, 0.1) is 56.2 Å². The second kappa shape index (κ2) is 5.06. The van der Waals surface area contributed by atoms with Crippen LogP contribution in [0.15, 0.2) is 30.3 Å². The van der Waals surface area contributed by atoms with Crippen molar-refractivity contribution in [1.82, 2.24) is 0 Å². The molecule has 6 nitrogen and oxygen atoms in total. The molecule has 2 aliphatic heterocycles. The molecule has 25 heavy (non-hydrogen) atoms. The zero-order chi connectivity index (χ0) is 17.7. The Morgan fingerprint density at radius 1 is 1.04 bits per heavy atom. The van der Waals surface area contributed by atoms with Crippen LogP contribution in [0.3, 0.4) is 0 Å². The minimum absolute atomic E-state index is 0.302. The normalized spacial score (nSPS) is 37.7. The van der Waals surface area contributed by atoms with E-state index in [1.807, 2.05) is 6.07 Å². The van der Waals surface area contributed by atoms with Gasteiger partial charge < -0.3 is 9.47 Å². The summed E-state index contributed by atoms with van der Waals surface area (Å²) in [5, 5.41) is 38.6. The number of hydrogen-bond acceptors (Lipinski definition) is 6. The molecule has 2 bridgehead atoms. The molecule has 0 spiro atoms. The van der Waals surface area contributed by atoms with Crippen molar-refractivity contribution in [3.63, 3.8) is 0 Å². The minimum Gasteiger partial charge on any atom is -0.447 e. The van der Waals surface area contributed by atoms with Crippen molar-refractivity contribution in [2.75, 3.05) is 0 Å². The lowest BCUT2D eigenvalue weighted by Gasteiger charge is -2.51. The van der Waals surface area contributed by atoms with Gasteiger partial charge >= 0.3 is 0 Å². The van der Waals surface area contributed by atoms with Gasteiger partial charge in [-0.1, -0.05) is 36.8 Å². The maximum atomic E-state index is 10.1. The van der Waals surface area contributed by atoms with E-state index >= 15 is 0 Å². The molecule has 0 unspecified atom stereocenters. The fourth-order valence-corrected chi connectivity index (χ4v) is 4.79. The van der Waals surface area contributed by atoms with Crippen molar-refractivity contribution in [2.45, 2.75) is 37.6 Å². The van der Waals surface area contributed by atoms with E-state index in [2.05, 4.69) is 18.2 Å². The average Bonchev–Trinajstić information content (AvgIpc) is 2.87. The third-order valence-electron chi connectivity index (χ3n) is 5.92. The third kappa shape index (κ3) is 1.62. The highest BCUT2D eigenvalue weighted by Gasteiger charge is 2.80. The second-order valence-corrected chi connectivity index (χ2v) is 6.90. The van der Waals surface area contributed by atoms with Gasteiger partial charge in [-0.15, -0.1) is 0 Å². The Kier molecular flexibility index (Phi) is 3.16. The van der Waals surface area contributed by atoms with Crippen molar-refractivity contribution >= 4 is 5.90 Å². The van der Waals surface area contributed by atoms with Gasteiger partial charge in [0.2, 0.25) is 17.1 Å². The Labute approximate surface area is 145 Å². The molecule has 3 aliphatic rings. The summed E-state index contributed by atoms with van der Waals surface area (Å²) < 4.78 is 12.1. The SMILES string of the molecule is N#CC1(C#N)[C@@H](c2ccccc2)O[C@@]23CCCC[C@H]2[C@@]1(C#N)C(=N)O3. The Morgan fingerprint density at radius 2 is 1.76 bits per heavy atom. The second-order valence-electron chi connectivity index (χ2n) is 6.90. The summed E-state index contributed by atoms with van der Waals surface area (Å²) in [7, 11) is 0. The number of hydrogen-bond donors (Lipinski definition) is 1. The summed E-state index contributed by atoms with van der Waals surface area (Å²) in [5.41, 5.74) is -2.80. The van der Waals surface area contributed by atoms with E-state index in [0.29, 0.717) is 18.4 Å². The van der Waals surface area contributed by atoms with Crippen molar-refractivity contribution in [3.05, 3.63) is 35.9 Å². The lowest BCUT2D eigenvalue weighted by Crippen LogP contribution is -2.60. The molecule has 2 heterocycles. The van der Waals surface area contributed by atoms with Crippen LogP contribution in [0.25, 0.3) is 0 Å². The smallest absolute Gasteiger partial charge is 0.217 e. The average molecular weight is 332 g/mol. The standard InChI is InChI=1S/C19H16N4O2/c20-10-17(11-21)15(13-6-2-1-3-7-13)24-19-9-5-4-8-14(19)18(17,12-22)16(23)25-19/h1-3,6-7,14-15,23H,4-5,8-9H2/t14-,15+,18-,19+/m0/s1. The molecule has 4 atom stereocenters. The molecule has 1 aromatic carbocycles. The van der Waals surface area contributed by atoms with E-state index in [-0.39, 0.29) is 5.90 Å². The lowest BCUT2D eigenvalue weighted by molar-refractivity contribution is -0.294. The van der Waals surface area contributed by atoms with Gasteiger partial charge in [0.25, 0.3) is 0 Å². The van der Waals surface area contributed by atoms with E-state index in [9.17, 15) is 15.8 Å².